The quantitative estimate of drug-likeness (QED) is 0.0404. The van der Waals surface area contributed by atoms with Crippen molar-refractivity contribution in [2.24, 2.45) is 9.98 Å². The second kappa shape index (κ2) is 17.8. The number of likely N-dealkylation sites (tertiary alicyclic amines) is 1. The third-order valence-electron chi connectivity index (χ3n) is 9.30. The van der Waals surface area contributed by atoms with Crippen LogP contribution in [-0.2, 0) is 22.6 Å². The van der Waals surface area contributed by atoms with Gasteiger partial charge in [-0.2, -0.15) is 17.6 Å². The van der Waals surface area contributed by atoms with Crippen LogP contribution in [0.3, 0.4) is 0 Å². The molecular formula is C36H41Cl2F4N7O2P2. The molecule has 0 saturated carbocycles. The molecule has 9 nitrogen and oxygen atoms in total. The van der Waals surface area contributed by atoms with Crippen molar-refractivity contribution < 1.29 is 27.1 Å². The maximum Gasteiger partial charge on any atom is 0.338 e. The van der Waals surface area contributed by atoms with Gasteiger partial charge in [-0.1, -0.05) is 55.2 Å². The molecule has 3 heterocycles. The summed E-state index contributed by atoms with van der Waals surface area (Å²) in [4.78, 5) is 36.1. The van der Waals surface area contributed by atoms with Crippen LogP contribution in [0, 0.1) is 0 Å². The van der Waals surface area contributed by atoms with Gasteiger partial charge in [0.15, 0.2) is 0 Å². The molecule has 0 radical (unpaired) electrons. The summed E-state index contributed by atoms with van der Waals surface area (Å²) in [5.74, 6) is 0.333. The highest BCUT2D eigenvalue weighted by Crippen LogP contribution is 2.42. The van der Waals surface area contributed by atoms with Crippen LogP contribution in [0.4, 0.5) is 29.2 Å². The Labute approximate surface area is 321 Å². The Morgan fingerprint density at radius 2 is 1.70 bits per heavy atom. The minimum absolute atomic E-state index is 0.00693. The van der Waals surface area contributed by atoms with Crippen molar-refractivity contribution in [3.8, 4) is 0 Å². The number of nitrogens with zero attached hydrogens (tertiary/aromatic N) is 7. The van der Waals surface area contributed by atoms with Crippen molar-refractivity contribution in [3.63, 3.8) is 0 Å². The van der Waals surface area contributed by atoms with E-state index in [1.807, 2.05) is 22.8 Å². The normalized spacial score (nSPS) is 19.0. The van der Waals surface area contributed by atoms with Gasteiger partial charge in [0, 0.05) is 62.4 Å². The van der Waals surface area contributed by atoms with E-state index < -0.39 is 22.5 Å². The minimum atomic E-state index is -3.44. The molecule has 0 aliphatic carbocycles. The largest absolute Gasteiger partial charge is 0.459 e. The van der Waals surface area contributed by atoms with Gasteiger partial charge in [-0.25, -0.2) is 19.8 Å². The summed E-state index contributed by atoms with van der Waals surface area (Å²) in [6.07, 6.45) is 7.05. The van der Waals surface area contributed by atoms with E-state index in [9.17, 15) is 22.4 Å². The molecule has 2 aromatic carbocycles. The highest BCUT2D eigenvalue weighted by atomic mass is 35.5. The lowest BCUT2D eigenvalue weighted by Gasteiger charge is -2.33. The molecule has 284 valence electrons. The van der Waals surface area contributed by atoms with Crippen molar-refractivity contribution in [1.82, 2.24) is 14.9 Å². The molecule has 2 aliphatic rings. The molecule has 0 bridgehead atoms. The van der Waals surface area contributed by atoms with Gasteiger partial charge in [0.2, 0.25) is 5.95 Å². The summed E-state index contributed by atoms with van der Waals surface area (Å²) in [6.45, 7) is 7.26. The van der Waals surface area contributed by atoms with Gasteiger partial charge in [0.1, 0.15) is 23.0 Å². The van der Waals surface area contributed by atoms with Gasteiger partial charge in [-0.15, -0.1) is 11.6 Å². The number of anilines is 2. The van der Waals surface area contributed by atoms with Crippen LogP contribution in [-0.4, -0.2) is 77.6 Å². The number of carbonyl (C=O) groups is 1. The van der Waals surface area contributed by atoms with E-state index >= 15 is 0 Å². The Bertz CT molecular complexity index is 1760. The van der Waals surface area contributed by atoms with E-state index in [1.54, 1.807) is 36.7 Å². The maximum absolute atomic E-state index is 14.6. The Morgan fingerprint density at radius 1 is 1.08 bits per heavy atom. The smallest absolute Gasteiger partial charge is 0.338 e. The van der Waals surface area contributed by atoms with E-state index in [0.717, 1.165) is 11.8 Å². The molecule has 3 aromatic rings. The van der Waals surface area contributed by atoms with Crippen LogP contribution in [0.2, 0.25) is 0 Å². The van der Waals surface area contributed by atoms with E-state index in [0.29, 0.717) is 56.7 Å². The first-order valence-corrected chi connectivity index (χ1v) is 19.0. The van der Waals surface area contributed by atoms with Crippen molar-refractivity contribution in [3.05, 3.63) is 94.0 Å². The zero-order chi connectivity index (χ0) is 38.3. The van der Waals surface area contributed by atoms with Crippen LogP contribution in [0.15, 0.2) is 81.8 Å². The molecule has 5 rings (SSSR count). The first-order chi connectivity index (χ1) is 25.2. The van der Waals surface area contributed by atoms with E-state index in [-0.39, 0.29) is 53.2 Å². The van der Waals surface area contributed by atoms with Crippen molar-refractivity contribution >= 4 is 72.2 Å². The number of halogens is 6. The lowest BCUT2D eigenvalue weighted by Crippen LogP contribution is -2.39. The van der Waals surface area contributed by atoms with Crippen LogP contribution in [0.25, 0.3) is 0 Å². The number of hydrogen-bond donors (Lipinski definition) is 0. The molecular weight excluding hydrogens is 771 g/mol. The highest BCUT2D eigenvalue weighted by Gasteiger charge is 2.38. The van der Waals surface area contributed by atoms with E-state index in [2.05, 4.69) is 21.6 Å². The van der Waals surface area contributed by atoms with Crippen molar-refractivity contribution in [1.29, 1.82) is 0 Å². The number of aliphatic imine (C=N–C) groups is 2. The summed E-state index contributed by atoms with van der Waals surface area (Å²) in [5, 5.41) is 0.244. The van der Waals surface area contributed by atoms with Gasteiger partial charge in [-0.3, -0.25) is 4.99 Å². The fourth-order valence-electron chi connectivity index (χ4n) is 6.62. The zero-order valence-electron chi connectivity index (χ0n) is 29.0. The van der Waals surface area contributed by atoms with Crippen LogP contribution < -0.4 is 9.80 Å². The van der Waals surface area contributed by atoms with Crippen LogP contribution >= 0.6 is 41.7 Å². The SMILES string of the molecule is C=N/C(=C(Cl)\C=N/CCl)N1C[C@@H](N(Cc2cc(C(F)(F)P)cc(C(F)(F)P)c2)c2ncc(N3CCC(OC(=O)c4ccccc4)CC3)cn2)C[C@H]1CC. The first kappa shape index (κ1) is 40.8. The number of rotatable bonds is 14. The Balaban J connectivity index is 1.42. The number of hydrogen-bond acceptors (Lipinski definition) is 9. The van der Waals surface area contributed by atoms with Crippen molar-refractivity contribution in [2.45, 2.75) is 68.7 Å². The molecule has 0 spiro atoms. The van der Waals surface area contributed by atoms with E-state index in [1.165, 1.54) is 36.8 Å². The van der Waals surface area contributed by atoms with Crippen LogP contribution in [0.1, 0.15) is 59.7 Å². The summed E-state index contributed by atoms with van der Waals surface area (Å²) in [5.41, 5.74) is -6.51. The van der Waals surface area contributed by atoms with Crippen molar-refractivity contribution in [2.75, 3.05) is 35.4 Å². The number of allylic oxidation sites excluding steroid dienone is 1. The average Bonchev–Trinajstić information content (AvgIpc) is 3.57. The Hall–Kier alpha value is -3.37. The fourth-order valence-corrected chi connectivity index (χ4v) is 7.26. The molecule has 2 saturated heterocycles. The van der Waals surface area contributed by atoms with Gasteiger partial charge in [-0.05, 0) is 55.5 Å². The standard InChI is InChI=1S/C36H41Cl2F4N7O2P2/c1-3-27-16-28(21-48(27)32(43-2)31(38)19-44-22-37)49(20-23-13-25(35(39,40)52)15-26(14-23)36(41,42)53)34-45-17-29(18-46-34)47-11-9-30(10-12-47)51-33(50)24-7-5-4-6-8-24/h4-8,13-15,17-19,27-28,30H,2-3,9-12,16,20-22,52-53H2,1H3/b32-31-,44-19-/t27-,28+/m1/s1. The van der Waals surface area contributed by atoms with Gasteiger partial charge >= 0.3 is 5.97 Å². The lowest BCUT2D eigenvalue weighted by molar-refractivity contribution is 0.0245. The fraction of sp³-hybridized carbons (Fsp3) is 0.417. The number of aromatic nitrogens is 2. The molecule has 0 N–H and O–H groups in total. The molecule has 17 heteroatoms. The second-order valence-electron chi connectivity index (χ2n) is 12.9. The first-order valence-electron chi connectivity index (χ1n) is 17.0. The number of ether oxygens (including phenoxy) is 1. The maximum atomic E-state index is 14.6. The number of piperidine rings is 1. The highest BCUT2D eigenvalue weighted by molar-refractivity contribution is 7.18. The van der Waals surface area contributed by atoms with Gasteiger partial charge < -0.3 is 19.4 Å². The average molecular weight is 813 g/mol. The molecule has 2 unspecified atom stereocenters. The zero-order valence-corrected chi connectivity index (χ0v) is 32.8. The summed E-state index contributed by atoms with van der Waals surface area (Å²) in [6, 6.07) is 11.7. The summed E-state index contributed by atoms with van der Waals surface area (Å²) >= 11 is 12.3. The van der Waals surface area contributed by atoms with E-state index in [4.69, 9.17) is 37.9 Å². The monoisotopic (exact) mass is 811 g/mol. The lowest BCUT2D eigenvalue weighted by atomic mass is 10.0. The molecule has 4 atom stereocenters. The number of benzene rings is 2. The van der Waals surface area contributed by atoms with Crippen LogP contribution in [0.5, 0.6) is 0 Å². The molecule has 0 amide bonds. The predicted molar refractivity (Wildman–Crippen MR) is 210 cm³/mol. The minimum Gasteiger partial charge on any atom is -0.459 e. The van der Waals surface area contributed by atoms with Gasteiger partial charge in [0.05, 0.1) is 29.7 Å². The second-order valence-corrected chi connectivity index (χ2v) is 15.0. The molecule has 2 fully saturated rings. The predicted octanol–water partition coefficient (Wildman–Crippen LogP) is 8.39. The summed E-state index contributed by atoms with van der Waals surface area (Å²) in [7, 11) is 2.84. The van der Waals surface area contributed by atoms with Gasteiger partial charge in [0.25, 0.3) is 11.3 Å². The molecule has 2 aliphatic heterocycles. The molecule has 53 heavy (non-hydrogen) atoms. The Morgan fingerprint density at radius 3 is 2.25 bits per heavy atom. The molecule has 1 aromatic heterocycles. The third-order valence-corrected chi connectivity index (χ3v) is 10.4. The number of carbonyl (C=O) groups excluding carboxylic acids is 1. The number of alkyl halides is 5. The number of esters is 1. The topological polar surface area (TPSA) is 86.5 Å². The third kappa shape index (κ3) is 10.4. The Kier molecular flexibility index (Phi) is 13.7. The summed E-state index contributed by atoms with van der Waals surface area (Å²) < 4.78 is 64.0.